The summed E-state index contributed by atoms with van der Waals surface area (Å²) in [5, 5.41) is 13.7. The van der Waals surface area contributed by atoms with Crippen LogP contribution in [0.15, 0.2) is 53.0 Å². The number of likely N-dealkylation sites (tertiary alicyclic amines) is 1. The topological polar surface area (TPSA) is 75.5 Å². The van der Waals surface area contributed by atoms with Crippen LogP contribution in [0.3, 0.4) is 0 Å². The summed E-state index contributed by atoms with van der Waals surface area (Å²) >= 11 is 3.48. The lowest BCUT2D eigenvalue weighted by atomic mass is 9.96. The molecule has 1 fully saturated rings. The molecule has 0 bridgehead atoms. The van der Waals surface area contributed by atoms with Crippen LogP contribution in [0.25, 0.3) is 0 Å². The fraction of sp³-hybridized carbons (Fsp3) is 0.316. The first-order chi connectivity index (χ1) is 12.5. The highest BCUT2D eigenvalue weighted by Crippen LogP contribution is 2.23. The molecule has 0 saturated carbocycles. The lowest BCUT2D eigenvalue weighted by molar-refractivity contribution is -0.384. The summed E-state index contributed by atoms with van der Waals surface area (Å²) < 4.78 is 1.05. The summed E-state index contributed by atoms with van der Waals surface area (Å²) in [7, 11) is 0. The zero-order valence-electron chi connectivity index (χ0n) is 14.2. The molecule has 1 aliphatic rings. The third-order valence-corrected chi connectivity index (χ3v) is 4.99. The van der Waals surface area contributed by atoms with Crippen LogP contribution in [0, 0.1) is 16.0 Å². The molecule has 0 radical (unpaired) electrons. The number of non-ortho nitro benzene ring substituents is 1. The maximum absolute atomic E-state index is 12.6. The van der Waals surface area contributed by atoms with Gasteiger partial charge in [0.25, 0.3) is 5.69 Å². The first kappa shape index (κ1) is 18.5. The molecule has 1 heterocycles. The fourth-order valence-corrected chi connectivity index (χ4v) is 3.69. The number of rotatable bonds is 5. The van der Waals surface area contributed by atoms with Crippen molar-refractivity contribution in [3.8, 4) is 0 Å². The lowest BCUT2D eigenvalue weighted by Gasteiger charge is -2.32. The smallest absolute Gasteiger partial charge is 0.271 e. The van der Waals surface area contributed by atoms with E-state index in [9.17, 15) is 14.9 Å². The molecule has 1 atom stereocenters. The zero-order valence-corrected chi connectivity index (χ0v) is 15.8. The summed E-state index contributed by atoms with van der Waals surface area (Å²) in [5.41, 5.74) is 1.65. The van der Waals surface area contributed by atoms with Crippen molar-refractivity contribution in [3.05, 3.63) is 68.7 Å². The van der Waals surface area contributed by atoms with Crippen molar-refractivity contribution in [2.45, 2.75) is 19.4 Å². The van der Waals surface area contributed by atoms with Crippen molar-refractivity contribution in [2.24, 2.45) is 5.92 Å². The molecule has 3 rings (SSSR count). The Morgan fingerprint density at radius 2 is 2.08 bits per heavy atom. The van der Waals surface area contributed by atoms with Crippen LogP contribution >= 0.6 is 15.9 Å². The van der Waals surface area contributed by atoms with Crippen LogP contribution in [-0.4, -0.2) is 28.8 Å². The van der Waals surface area contributed by atoms with Crippen LogP contribution < -0.4 is 5.32 Å². The Hall–Kier alpha value is -2.25. The van der Waals surface area contributed by atoms with E-state index in [1.54, 1.807) is 12.1 Å². The quantitative estimate of drug-likeness (QED) is 0.583. The van der Waals surface area contributed by atoms with E-state index in [4.69, 9.17) is 0 Å². The van der Waals surface area contributed by atoms with Gasteiger partial charge in [0.1, 0.15) is 0 Å². The molecular weight excluding hydrogens is 398 g/mol. The van der Waals surface area contributed by atoms with E-state index < -0.39 is 4.92 Å². The van der Waals surface area contributed by atoms with Gasteiger partial charge in [0.05, 0.1) is 10.8 Å². The van der Waals surface area contributed by atoms with Crippen LogP contribution in [0.4, 0.5) is 11.4 Å². The number of amides is 1. The van der Waals surface area contributed by atoms with E-state index in [-0.39, 0.29) is 17.5 Å². The number of halogens is 1. The number of nitro groups is 1. The van der Waals surface area contributed by atoms with Crippen LogP contribution in [-0.2, 0) is 11.3 Å². The molecule has 2 aromatic carbocycles. The standard InChI is InChI=1S/C19H20BrN3O3/c20-16-6-1-4-14(10-16)12-22-9-3-5-15(13-22)19(24)21-17-7-2-8-18(11-17)23(25)26/h1-2,4,6-8,10-11,15H,3,5,9,12-13H2,(H,21,24). The first-order valence-corrected chi connectivity index (χ1v) is 9.33. The molecule has 2 aromatic rings. The van der Waals surface area contributed by atoms with E-state index in [1.165, 1.54) is 17.7 Å². The van der Waals surface area contributed by atoms with Crippen LogP contribution in [0.5, 0.6) is 0 Å². The average Bonchev–Trinajstić information content (AvgIpc) is 2.62. The highest BCUT2D eigenvalue weighted by Gasteiger charge is 2.26. The van der Waals surface area contributed by atoms with Gasteiger partial charge < -0.3 is 5.32 Å². The van der Waals surface area contributed by atoms with Crippen molar-refractivity contribution in [1.82, 2.24) is 4.90 Å². The summed E-state index contributed by atoms with van der Waals surface area (Å²) in [6.07, 6.45) is 1.79. The molecule has 0 aromatic heterocycles. The highest BCUT2D eigenvalue weighted by atomic mass is 79.9. The summed E-state index contributed by atoms with van der Waals surface area (Å²) in [5.74, 6) is -0.195. The van der Waals surface area contributed by atoms with E-state index in [2.05, 4.69) is 38.3 Å². The Bertz CT molecular complexity index is 812. The molecule has 1 saturated heterocycles. The van der Waals surface area contributed by atoms with Crippen LogP contribution in [0.1, 0.15) is 18.4 Å². The van der Waals surface area contributed by atoms with Gasteiger partial charge in [-0.3, -0.25) is 19.8 Å². The number of carbonyl (C=O) groups excluding carboxylic acids is 1. The molecular formula is C19H20BrN3O3. The fourth-order valence-electron chi connectivity index (χ4n) is 3.25. The molecule has 1 amide bonds. The van der Waals surface area contributed by atoms with Gasteiger partial charge in [0, 0.05) is 35.4 Å². The summed E-state index contributed by atoms with van der Waals surface area (Å²) in [6, 6.07) is 14.2. The average molecular weight is 418 g/mol. The molecule has 1 aliphatic heterocycles. The second-order valence-corrected chi connectivity index (χ2v) is 7.42. The van der Waals surface area contributed by atoms with Gasteiger partial charge in [0.15, 0.2) is 0 Å². The molecule has 136 valence electrons. The molecule has 0 aliphatic carbocycles. The third kappa shape index (κ3) is 4.89. The number of anilines is 1. The normalized spacial score (nSPS) is 17.7. The number of benzene rings is 2. The van der Waals surface area contributed by atoms with Gasteiger partial charge in [-0.1, -0.05) is 34.1 Å². The number of nitrogens with zero attached hydrogens (tertiary/aromatic N) is 2. The molecule has 7 heteroatoms. The summed E-state index contributed by atoms with van der Waals surface area (Å²) in [6.45, 7) is 2.46. The predicted octanol–water partition coefficient (Wildman–Crippen LogP) is 4.21. The van der Waals surface area contributed by atoms with E-state index >= 15 is 0 Å². The van der Waals surface area contributed by atoms with E-state index in [0.29, 0.717) is 12.2 Å². The molecule has 1 unspecified atom stereocenters. The minimum Gasteiger partial charge on any atom is -0.326 e. The summed E-state index contributed by atoms with van der Waals surface area (Å²) in [4.78, 5) is 25.3. The number of nitrogens with one attached hydrogen (secondary N) is 1. The van der Waals surface area contributed by atoms with Gasteiger partial charge in [0.2, 0.25) is 5.91 Å². The van der Waals surface area contributed by atoms with E-state index in [0.717, 1.165) is 30.4 Å². The predicted molar refractivity (Wildman–Crippen MR) is 104 cm³/mol. The van der Waals surface area contributed by atoms with E-state index in [1.807, 2.05) is 12.1 Å². The number of hydrogen-bond donors (Lipinski definition) is 1. The Balaban J connectivity index is 1.61. The Kier molecular flexibility index (Phi) is 6.00. The van der Waals surface area contributed by atoms with Crippen molar-refractivity contribution in [1.29, 1.82) is 0 Å². The van der Waals surface area contributed by atoms with Crippen LogP contribution in [0.2, 0.25) is 0 Å². The SMILES string of the molecule is O=C(Nc1cccc([N+](=O)[O-])c1)C1CCCN(Cc2cccc(Br)c2)C1. The van der Waals surface area contributed by atoms with Gasteiger partial charge in [-0.2, -0.15) is 0 Å². The number of hydrogen-bond acceptors (Lipinski definition) is 4. The number of nitro benzene ring substituents is 1. The van der Waals surface area contributed by atoms with Crippen molar-refractivity contribution in [2.75, 3.05) is 18.4 Å². The Morgan fingerprint density at radius 3 is 2.85 bits per heavy atom. The highest BCUT2D eigenvalue weighted by molar-refractivity contribution is 9.10. The molecule has 26 heavy (non-hydrogen) atoms. The zero-order chi connectivity index (χ0) is 18.5. The second-order valence-electron chi connectivity index (χ2n) is 6.50. The minimum atomic E-state index is -0.462. The number of piperidine rings is 1. The molecule has 0 spiro atoms. The second kappa shape index (κ2) is 8.42. The van der Waals surface area contributed by atoms with Gasteiger partial charge >= 0.3 is 0 Å². The van der Waals surface area contributed by atoms with Gasteiger partial charge in [-0.15, -0.1) is 0 Å². The number of carbonyl (C=O) groups is 1. The maximum atomic E-state index is 12.6. The van der Waals surface area contributed by atoms with Crippen molar-refractivity contribution < 1.29 is 9.72 Å². The maximum Gasteiger partial charge on any atom is 0.271 e. The Morgan fingerprint density at radius 1 is 1.27 bits per heavy atom. The monoisotopic (exact) mass is 417 g/mol. The molecule has 1 N–H and O–H groups in total. The van der Waals surface area contributed by atoms with Crippen molar-refractivity contribution in [3.63, 3.8) is 0 Å². The van der Waals surface area contributed by atoms with Gasteiger partial charge in [-0.25, -0.2) is 0 Å². The van der Waals surface area contributed by atoms with Gasteiger partial charge in [-0.05, 0) is 43.1 Å². The first-order valence-electron chi connectivity index (χ1n) is 8.53. The minimum absolute atomic E-state index is 0.0253. The van der Waals surface area contributed by atoms with Crippen molar-refractivity contribution >= 4 is 33.2 Å². The molecule has 6 nitrogen and oxygen atoms in total. The third-order valence-electron chi connectivity index (χ3n) is 4.50. The lowest BCUT2D eigenvalue weighted by Crippen LogP contribution is -2.40. The Labute approximate surface area is 160 Å². The largest absolute Gasteiger partial charge is 0.326 e.